The lowest BCUT2D eigenvalue weighted by Gasteiger charge is -2.26. The summed E-state index contributed by atoms with van der Waals surface area (Å²) in [7, 11) is 2.07. The molecule has 2 N–H and O–H groups in total. The summed E-state index contributed by atoms with van der Waals surface area (Å²) in [6.45, 7) is 8.70. The van der Waals surface area contributed by atoms with Crippen molar-refractivity contribution in [3.8, 4) is 17.2 Å². The zero-order chi connectivity index (χ0) is 22.7. The van der Waals surface area contributed by atoms with E-state index in [1.165, 1.54) is 23.6 Å². The molecule has 0 spiro atoms. The SMILES string of the molecule is CNC1C[C@@H](C)CN(Cc2ccc(C3NCCS3)c(-c3ccc(C#N)c(F)c3)c2)C[C@H]1C. The maximum absolute atomic E-state index is 14.5. The molecule has 2 aromatic carbocycles. The Bertz CT molecular complexity index is 982. The van der Waals surface area contributed by atoms with Crippen LogP contribution in [0, 0.1) is 29.0 Å². The summed E-state index contributed by atoms with van der Waals surface area (Å²) >= 11 is 1.89. The van der Waals surface area contributed by atoms with E-state index in [0.29, 0.717) is 17.9 Å². The Hall–Kier alpha value is -1.91. The lowest BCUT2D eigenvalue weighted by Crippen LogP contribution is -2.36. The monoisotopic (exact) mass is 452 g/mol. The number of benzene rings is 2. The molecule has 0 saturated carbocycles. The Kier molecular flexibility index (Phi) is 7.52. The van der Waals surface area contributed by atoms with Gasteiger partial charge in [-0.05, 0) is 65.8 Å². The summed E-state index contributed by atoms with van der Waals surface area (Å²) < 4.78 is 14.5. The van der Waals surface area contributed by atoms with Crippen LogP contribution >= 0.6 is 11.8 Å². The summed E-state index contributed by atoms with van der Waals surface area (Å²) in [4.78, 5) is 2.56. The molecule has 2 saturated heterocycles. The highest BCUT2D eigenvalue weighted by Crippen LogP contribution is 2.38. The van der Waals surface area contributed by atoms with Gasteiger partial charge in [0.25, 0.3) is 0 Å². The molecule has 32 heavy (non-hydrogen) atoms. The molecule has 2 unspecified atom stereocenters. The smallest absolute Gasteiger partial charge is 0.141 e. The van der Waals surface area contributed by atoms with Crippen LogP contribution in [0.4, 0.5) is 4.39 Å². The van der Waals surface area contributed by atoms with Gasteiger partial charge >= 0.3 is 0 Å². The molecular formula is C26H33FN4S. The Morgan fingerprint density at radius 2 is 2.06 bits per heavy atom. The Morgan fingerprint density at radius 1 is 1.22 bits per heavy atom. The summed E-state index contributed by atoms with van der Waals surface area (Å²) in [5.41, 5.74) is 4.42. The highest BCUT2D eigenvalue weighted by molar-refractivity contribution is 7.99. The predicted octanol–water partition coefficient (Wildman–Crippen LogP) is 4.77. The highest BCUT2D eigenvalue weighted by Gasteiger charge is 2.27. The third-order valence-corrected chi connectivity index (χ3v) is 7.95. The van der Waals surface area contributed by atoms with Crippen LogP contribution in [0.15, 0.2) is 36.4 Å². The van der Waals surface area contributed by atoms with Crippen LogP contribution in [-0.2, 0) is 6.54 Å². The maximum Gasteiger partial charge on any atom is 0.141 e. The van der Waals surface area contributed by atoms with Gasteiger partial charge in [-0.15, -0.1) is 11.8 Å². The molecule has 2 aliphatic rings. The Balaban J connectivity index is 1.65. The van der Waals surface area contributed by atoms with Crippen molar-refractivity contribution in [2.24, 2.45) is 11.8 Å². The van der Waals surface area contributed by atoms with E-state index in [1.807, 2.05) is 23.9 Å². The van der Waals surface area contributed by atoms with Crippen molar-refractivity contribution < 1.29 is 4.39 Å². The third kappa shape index (κ3) is 5.18. The van der Waals surface area contributed by atoms with E-state index >= 15 is 0 Å². The molecule has 6 heteroatoms. The maximum atomic E-state index is 14.5. The number of hydrogen-bond donors (Lipinski definition) is 2. The van der Waals surface area contributed by atoms with Crippen molar-refractivity contribution in [2.45, 2.75) is 38.2 Å². The van der Waals surface area contributed by atoms with Gasteiger partial charge in [0.2, 0.25) is 0 Å². The highest BCUT2D eigenvalue weighted by atomic mass is 32.2. The van der Waals surface area contributed by atoms with Crippen LogP contribution in [0.3, 0.4) is 0 Å². The van der Waals surface area contributed by atoms with E-state index < -0.39 is 5.82 Å². The fourth-order valence-electron chi connectivity index (χ4n) is 5.16. The van der Waals surface area contributed by atoms with Crippen LogP contribution in [0.1, 0.15) is 42.3 Å². The Morgan fingerprint density at radius 3 is 2.75 bits per heavy atom. The van der Waals surface area contributed by atoms with E-state index in [-0.39, 0.29) is 10.9 Å². The molecule has 4 rings (SSSR count). The standard InChI is InChI=1S/C26H33FN4S/c1-17-10-25(29-3)18(2)15-31(14-17)16-19-4-7-22(26-30-8-9-32-26)23(11-19)20-5-6-21(13-28)24(27)12-20/h4-7,11-12,17-18,25-26,29-30H,8-10,14-16H2,1-3H3/t17-,18-,25?,26?/m1/s1. The second-order valence-electron chi connectivity index (χ2n) is 9.34. The van der Waals surface area contributed by atoms with Crippen molar-refractivity contribution >= 4 is 11.8 Å². The van der Waals surface area contributed by atoms with Gasteiger partial charge in [0.15, 0.2) is 0 Å². The second-order valence-corrected chi connectivity index (χ2v) is 10.6. The van der Waals surface area contributed by atoms with E-state index in [9.17, 15) is 4.39 Å². The largest absolute Gasteiger partial charge is 0.317 e. The first-order chi connectivity index (χ1) is 15.5. The van der Waals surface area contributed by atoms with Crippen molar-refractivity contribution in [2.75, 3.05) is 32.4 Å². The van der Waals surface area contributed by atoms with Gasteiger partial charge in [0, 0.05) is 38.0 Å². The molecule has 2 fully saturated rings. The fourth-order valence-corrected chi connectivity index (χ4v) is 6.25. The van der Waals surface area contributed by atoms with Gasteiger partial charge in [0.05, 0.1) is 10.9 Å². The van der Waals surface area contributed by atoms with Gasteiger partial charge in [0.1, 0.15) is 11.9 Å². The third-order valence-electron chi connectivity index (χ3n) is 6.75. The van der Waals surface area contributed by atoms with Crippen LogP contribution in [0.5, 0.6) is 0 Å². The van der Waals surface area contributed by atoms with Crippen molar-refractivity contribution in [1.29, 1.82) is 5.26 Å². The average molecular weight is 453 g/mol. The summed E-state index contributed by atoms with van der Waals surface area (Å²) in [5, 5.41) is 16.4. The molecule has 0 radical (unpaired) electrons. The minimum Gasteiger partial charge on any atom is -0.317 e. The van der Waals surface area contributed by atoms with E-state index in [1.54, 1.807) is 6.07 Å². The number of rotatable bonds is 5. The number of halogens is 1. The first-order valence-electron chi connectivity index (χ1n) is 11.6. The van der Waals surface area contributed by atoms with E-state index in [2.05, 4.69) is 54.6 Å². The number of hydrogen-bond acceptors (Lipinski definition) is 5. The van der Waals surface area contributed by atoms with Gasteiger partial charge in [-0.2, -0.15) is 5.26 Å². The van der Waals surface area contributed by atoms with E-state index in [4.69, 9.17) is 5.26 Å². The molecule has 0 aromatic heterocycles. The van der Waals surface area contributed by atoms with Crippen molar-refractivity contribution in [3.63, 3.8) is 0 Å². The number of nitrogens with one attached hydrogen (secondary N) is 2. The average Bonchev–Trinajstić information content (AvgIpc) is 3.27. The molecular weight excluding hydrogens is 419 g/mol. The number of nitrogens with zero attached hydrogens (tertiary/aromatic N) is 2. The van der Waals surface area contributed by atoms with Gasteiger partial charge in [-0.3, -0.25) is 4.90 Å². The molecule has 0 bridgehead atoms. The molecule has 2 aliphatic heterocycles. The second kappa shape index (κ2) is 10.4. The number of likely N-dealkylation sites (tertiary alicyclic amines) is 1. The summed E-state index contributed by atoms with van der Waals surface area (Å²) in [5.74, 6) is 1.85. The zero-order valence-electron chi connectivity index (χ0n) is 19.2. The van der Waals surface area contributed by atoms with Gasteiger partial charge in [-0.25, -0.2) is 4.39 Å². The number of thioether (sulfide) groups is 1. The Labute approximate surface area is 195 Å². The molecule has 0 aliphatic carbocycles. The molecule has 4 nitrogen and oxygen atoms in total. The molecule has 2 aromatic rings. The summed E-state index contributed by atoms with van der Waals surface area (Å²) in [6, 6.07) is 14.1. The van der Waals surface area contributed by atoms with Gasteiger partial charge < -0.3 is 10.6 Å². The molecule has 0 amide bonds. The fraction of sp³-hybridized carbons (Fsp3) is 0.500. The topological polar surface area (TPSA) is 51.1 Å². The van der Waals surface area contributed by atoms with Gasteiger partial charge in [-0.1, -0.05) is 32.0 Å². The minimum absolute atomic E-state index is 0.0893. The van der Waals surface area contributed by atoms with Crippen LogP contribution < -0.4 is 10.6 Å². The normalized spacial score (nSPS) is 26.6. The van der Waals surface area contributed by atoms with Crippen molar-refractivity contribution in [3.05, 3.63) is 58.9 Å². The number of nitriles is 1. The zero-order valence-corrected chi connectivity index (χ0v) is 20.0. The van der Waals surface area contributed by atoms with E-state index in [0.717, 1.165) is 43.1 Å². The first-order valence-corrected chi connectivity index (χ1v) is 12.6. The molecule has 170 valence electrons. The van der Waals surface area contributed by atoms with Crippen LogP contribution in [0.2, 0.25) is 0 Å². The first kappa shape index (κ1) is 23.3. The van der Waals surface area contributed by atoms with Crippen molar-refractivity contribution in [1.82, 2.24) is 15.5 Å². The lowest BCUT2D eigenvalue weighted by atomic mass is 9.95. The molecule has 4 atom stereocenters. The predicted molar refractivity (Wildman–Crippen MR) is 131 cm³/mol. The summed E-state index contributed by atoms with van der Waals surface area (Å²) in [6.07, 6.45) is 1.20. The molecule has 2 heterocycles. The lowest BCUT2D eigenvalue weighted by molar-refractivity contribution is 0.224. The quantitative estimate of drug-likeness (QED) is 0.685. The van der Waals surface area contributed by atoms with Crippen LogP contribution in [0.25, 0.3) is 11.1 Å². The minimum atomic E-state index is -0.457. The van der Waals surface area contributed by atoms with Crippen LogP contribution in [-0.4, -0.2) is 43.4 Å².